The number of carbonyl (C=O) groups excluding carboxylic acids is 1. The number of ether oxygens (including phenoxy) is 1. The third-order valence-electron chi connectivity index (χ3n) is 7.80. The van der Waals surface area contributed by atoms with Crippen LogP contribution in [0.3, 0.4) is 0 Å². The molecule has 1 amide bonds. The molecule has 4 fully saturated rings. The van der Waals surface area contributed by atoms with E-state index >= 15 is 0 Å². The molecule has 182 valence electrons. The van der Waals surface area contributed by atoms with Crippen LogP contribution < -0.4 is 5.32 Å². The fourth-order valence-electron chi connectivity index (χ4n) is 5.72. The fourth-order valence-corrected chi connectivity index (χ4v) is 5.72. The van der Waals surface area contributed by atoms with Crippen LogP contribution in [0.4, 0.5) is 0 Å². The first-order chi connectivity index (χ1) is 15.7. The van der Waals surface area contributed by atoms with Gasteiger partial charge in [-0.2, -0.15) is 0 Å². The van der Waals surface area contributed by atoms with Crippen molar-refractivity contribution in [3.8, 4) is 0 Å². The standard InChI is InChI=1S/C24H44N6O2/c1-2-25-23(26-21-24(8-18-32-19-9-24)30-12-6-7-13-30)29-16-14-27(15-17-29)20-22(31)28-10-4-3-5-11-28/h2-21H2,1H3,(H,25,26). The third kappa shape index (κ3) is 5.94. The first kappa shape index (κ1) is 23.8. The summed E-state index contributed by atoms with van der Waals surface area (Å²) in [7, 11) is 0. The lowest BCUT2D eigenvalue weighted by molar-refractivity contribution is -0.133. The highest BCUT2D eigenvalue weighted by Crippen LogP contribution is 2.31. The zero-order valence-electron chi connectivity index (χ0n) is 20.2. The van der Waals surface area contributed by atoms with Gasteiger partial charge >= 0.3 is 0 Å². The van der Waals surface area contributed by atoms with E-state index < -0.39 is 0 Å². The largest absolute Gasteiger partial charge is 0.381 e. The number of aliphatic imine (C=N–C) groups is 1. The van der Waals surface area contributed by atoms with Gasteiger partial charge in [0.15, 0.2) is 5.96 Å². The predicted octanol–water partition coefficient (Wildman–Crippen LogP) is 1.23. The minimum absolute atomic E-state index is 0.165. The summed E-state index contributed by atoms with van der Waals surface area (Å²) in [6.45, 7) is 14.2. The molecule has 32 heavy (non-hydrogen) atoms. The van der Waals surface area contributed by atoms with Gasteiger partial charge in [-0.3, -0.25) is 19.6 Å². The summed E-state index contributed by atoms with van der Waals surface area (Å²) in [5, 5.41) is 3.54. The molecular weight excluding hydrogens is 404 g/mol. The molecule has 0 spiro atoms. The molecule has 0 aromatic rings. The molecule has 0 saturated carbocycles. The summed E-state index contributed by atoms with van der Waals surface area (Å²) in [5.74, 6) is 1.35. The van der Waals surface area contributed by atoms with Crippen LogP contribution in [0.2, 0.25) is 0 Å². The molecule has 4 saturated heterocycles. The number of nitrogens with zero attached hydrogens (tertiary/aromatic N) is 5. The van der Waals surface area contributed by atoms with Gasteiger partial charge in [-0.15, -0.1) is 0 Å². The molecule has 0 aliphatic carbocycles. The minimum atomic E-state index is 0.165. The summed E-state index contributed by atoms with van der Waals surface area (Å²) in [4.78, 5) is 27.3. The number of hydrogen-bond acceptors (Lipinski definition) is 5. The average molecular weight is 449 g/mol. The van der Waals surface area contributed by atoms with E-state index in [9.17, 15) is 4.79 Å². The van der Waals surface area contributed by atoms with Crippen molar-refractivity contribution in [1.82, 2.24) is 24.9 Å². The molecule has 1 N–H and O–H groups in total. The molecule has 0 aromatic carbocycles. The Bertz CT molecular complexity index is 616. The molecule has 0 unspecified atom stereocenters. The van der Waals surface area contributed by atoms with E-state index in [0.717, 1.165) is 97.2 Å². The van der Waals surface area contributed by atoms with E-state index in [0.29, 0.717) is 12.5 Å². The smallest absolute Gasteiger partial charge is 0.236 e. The van der Waals surface area contributed by atoms with E-state index in [1.807, 2.05) is 0 Å². The third-order valence-corrected chi connectivity index (χ3v) is 7.80. The number of hydrogen-bond donors (Lipinski definition) is 1. The Balaban J connectivity index is 1.32. The molecule has 0 radical (unpaired) electrons. The van der Waals surface area contributed by atoms with Crippen LogP contribution in [0.25, 0.3) is 0 Å². The number of piperidine rings is 1. The highest BCUT2D eigenvalue weighted by molar-refractivity contribution is 5.80. The average Bonchev–Trinajstić information content (AvgIpc) is 3.39. The van der Waals surface area contributed by atoms with E-state index in [4.69, 9.17) is 9.73 Å². The maximum Gasteiger partial charge on any atom is 0.236 e. The zero-order valence-corrected chi connectivity index (χ0v) is 20.2. The van der Waals surface area contributed by atoms with Crippen molar-refractivity contribution < 1.29 is 9.53 Å². The lowest BCUT2D eigenvalue weighted by atomic mass is 9.88. The Morgan fingerprint density at radius 3 is 2.19 bits per heavy atom. The fraction of sp³-hybridized carbons (Fsp3) is 0.917. The molecule has 4 aliphatic rings. The minimum Gasteiger partial charge on any atom is -0.381 e. The van der Waals surface area contributed by atoms with Crippen molar-refractivity contribution in [2.24, 2.45) is 4.99 Å². The maximum absolute atomic E-state index is 12.6. The van der Waals surface area contributed by atoms with Crippen LogP contribution in [0.15, 0.2) is 4.99 Å². The van der Waals surface area contributed by atoms with Gasteiger partial charge in [-0.1, -0.05) is 0 Å². The van der Waals surface area contributed by atoms with Gasteiger partial charge in [0.25, 0.3) is 0 Å². The first-order valence-electron chi connectivity index (χ1n) is 13.1. The second-order valence-corrected chi connectivity index (χ2v) is 9.91. The molecular formula is C24H44N6O2. The highest BCUT2D eigenvalue weighted by Gasteiger charge is 2.39. The number of guanidine groups is 1. The topological polar surface area (TPSA) is 63.7 Å². The second kappa shape index (κ2) is 11.7. The van der Waals surface area contributed by atoms with Crippen LogP contribution in [0.1, 0.15) is 51.9 Å². The SMILES string of the molecule is CCNC(=NCC1(N2CCCC2)CCOCC1)N1CCN(CC(=O)N2CCCCC2)CC1. The Labute approximate surface area is 194 Å². The van der Waals surface area contributed by atoms with Gasteiger partial charge in [-0.25, -0.2) is 0 Å². The zero-order chi connectivity index (χ0) is 22.2. The molecule has 0 atom stereocenters. The van der Waals surface area contributed by atoms with Crippen molar-refractivity contribution in [2.45, 2.75) is 57.4 Å². The Hall–Kier alpha value is -1.38. The molecule has 0 bridgehead atoms. The summed E-state index contributed by atoms with van der Waals surface area (Å²) in [6.07, 6.45) is 8.38. The van der Waals surface area contributed by atoms with Gasteiger partial charge in [0.1, 0.15) is 0 Å². The van der Waals surface area contributed by atoms with Gasteiger partial charge in [0.05, 0.1) is 13.1 Å². The Morgan fingerprint density at radius 1 is 0.875 bits per heavy atom. The number of nitrogens with one attached hydrogen (secondary N) is 1. The van der Waals surface area contributed by atoms with Gasteiger partial charge in [0, 0.05) is 64.6 Å². The Kier molecular flexibility index (Phi) is 8.66. The van der Waals surface area contributed by atoms with Crippen molar-refractivity contribution in [2.75, 3.05) is 85.2 Å². The normalized spacial score (nSPS) is 25.8. The Morgan fingerprint density at radius 2 is 1.53 bits per heavy atom. The monoisotopic (exact) mass is 448 g/mol. The molecule has 0 aromatic heterocycles. The quantitative estimate of drug-likeness (QED) is 0.487. The van der Waals surface area contributed by atoms with Gasteiger partial charge < -0.3 is 19.9 Å². The van der Waals surface area contributed by atoms with E-state index in [2.05, 4.69) is 31.8 Å². The van der Waals surface area contributed by atoms with Crippen molar-refractivity contribution in [3.63, 3.8) is 0 Å². The second-order valence-electron chi connectivity index (χ2n) is 9.91. The lowest BCUT2D eigenvalue weighted by Crippen LogP contribution is -2.56. The molecule has 4 heterocycles. The summed E-state index contributed by atoms with van der Waals surface area (Å²) < 4.78 is 5.70. The highest BCUT2D eigenvalue weighted by atomic mass is 16.5. The van der Waals surface area contributed by atoms with Crippen molar-refractivity contribution >= 4 is 11.9 Å². The van der Waals surface area contributed by atoms with Crippen LogP contribution in [-0.4, -0.2) is 122 Å². The predicted molar refractivity (Wildman–Crippen MR) is 128 cm³/mol. The lowest BCUT2D eigenvalue weighted by Gasteiger charge is -2.44. The number of likely N-dealkylation sites (tertiary alicyclic amines) is 2. The van der Waals surface area contributed by atoms with E-state index in [1.165, 1.54) is 32.4 Å². The first-order valence-corrected chi connectivity index (χ1v) is 13.1. The van der Waals surface area contributed by atoms with Gasteiger partial charge in [0.2, 0.25) is 5.91 Å². The summed E-state index contributed by atoms with van der Waals surface area (Å²) >= 11 is 0. The van der Waals surface area contributed by atoms with Crippen molar-refractivity contribution in [1.29, 1.82) is 0 Å². The van der Waals surface area contributed by atoms with E-state index in [-0.39, 0.29) is 5.54 Å². The summed E-state index contributed by atoms with van der Waals surface area (Å²) in [6, 6.07) is 0. The molecule has 4 aliphatic heterocycles. The molecule has 4 rings (SSSR count). The van der Waals surface area contributed by atoms with Crippen LogP contribution in [0.5, 0.6) is 0 Å². The van der Waals surface area contributed by atoms with Gasteiger partial charge in [-0.05, 0) is 65.0 Å². The number of rotatable bonds is 6. The number of piperazine rings is 1. The number of carbonyl (C=O) groups is 1. The van der Waals surface area contributed by atoms with Crippen LogP contribution in [0, 0.1) is 0 Å². The molecule has 8 heteroatoms. The van der Waals surface area contributed by atoms with Crippen LogP contribution >= 0.6 is 0 Å². The van der Waals surface area contributed by atoms with Crippen molar-refractivity contribution in [3.05, 3.63) is 0 Å². The maximum atomic E-state index is 12.6. The summed E-state index contributed by atoms with van der Waals surface area (Å²) in [5.41, 5.74) is 0.165. The van der Waals surface area contributed by atoms with E-state index in [1.54, 1.807) is 0 Å². The van der Waals surface area contributed by atoms with Crippen LogP contribution in [-0.2, 0) is 9.53 Å². The molecule has 8 nitrogen and oxygen atoms in total. The number of amides is 1.